The third-order valence-electron chi connectivity index (χ3n) is 3.98. The van der Waals surface area contributed by atoms with Crippen molar-refractivity contribution in [2.75, 3.05) is 30.3 Å². The Balaban J connectivity index is 2.24. The lowest BCUT2D eigenvalue weighted by atomic mass is 9.98. The van der Waals surface area contributed by atoms with Crippen LogP contribution in [-0.4, -0.2) is 36.4 Å². The molecule has 1 heterocycles. The largest absolute Gasteiger partial charge is 0.462 e. The third-order valence-corrected chi connectivity index (χ3v) is 3.98. The molecule has 0 aliphatic carbocycles. The van der Waals surface area contributed by atoms with Crippen molar-refractivity contribution in [3.05, 3.63) is 23.8 Å². The highest BCUT2D eigenvalue weighted by molar-refractivity contribution is 5.98. The van der Waals surface area contributed by atoms with Crippen LogP contribution in [0.5, 0.6) is 0 Å². The minimum absolute atomic E-state index is 0.328. The molecular weight excluding hydrogens is 268 g/mol. The van der Waals surface area contributed by atoms with Crippen LogP contribution in [0.1, 0.15) is 43.5 Å². The van der Waals surface area contributed by atoms with E-state index in [0.717, 1.165) is 31.6 Å². The number of hydrogen-bond acceptors (Lipinski definition) is 5. The summed E-state index contributed by atoms with van der Waals surface area (Å²) in [5.41, 5.74) is 7.25. The number of carbonyl (C=O) groups excluding carboxylic acids is 1. The van der Waals surface area contributed by atoms with Gasteiger partial charge in [0.15, 0.2) is 0 Å². The van der Waals surface area contributed by atoms with Gasteiger partial charge in [0.2, 0.25) is 0 Å². The van der Waals surface area contributed by atoms with Crippen molar-refractivity contribution in [1.29, 1.82) is 0 Å². The quantitative estimate of drug-likeness (QED) is 0.659. The first-order valence-electron chi connectivity index (χ1n) is 7.47. The Hall–Kier alpha value is -1.75. The molecule has 1 aromatic rings. The van der Waals surface area contributed by atoms with Crippen LogP contribution in [0.3, 0.4) is 0 Å². The van der Waals surface area contributed by atoms with Crippen LogP contribution in [0.15, 0.2) is 18.2 Å². The first kappa shape index (κ1) is 15.6. The fourth-order valence-corrected chi connectivity index (χ4v) is 2.72. The number of hydrogen-bond donors (Lipinski definition) is 2. The van der Waals surface area contributed by atoms with Gasteiger partial charge in [-0.3, -0.25) is 0 Å². The van der Waals surface area contributed by atoms with E-state index in [0.29, 0.717) is 24.3 Å². The van der Waals surface area contributed by atoms with E-state index in [1.807, 2.05) is 19.1 Å². The summed E-state index contributed by atoms with van der Waals surface area (Å²) in [6, 6.07) is 5.42. The summed E-state index contributed by atoms with van der Waals surface area (Å²) in [6.07, 6.45) is 2.37. The summed E-state index contributed by atoms with van der Waals surface area (Å²) in [5.74, 6) is -0.390. The highest BCUT2D eigenvalue weighted by atomic mass is 16.5. The van der Waals surface area contributed by atoms with Crippen molar-refractivity contribution in [3.63, 3.8) is 0 Å². The predicted octanol–water partition coefficient (Wildman–Crippen LogP) is 2.19. The third kappa shape index (κ3) is 3.67. The number of ether oxygens (including phenoxy) is 1. The highest BCUT2D eigenvalue weighted by Crippen LogP contribution is 2.31. The predicted molar refractivity (Wildman–Crippen MR) is 83.5 cm³/mol. The summed E-state index contributed by atoms with van der Waals surface area (Å²) in [5, 5.41) is 10.2. The molecule has 3 N–H and O–H groups in total. The summed E-state index contributed by atoms with van der Waals surface area (Å²) in [6.45, 7) is 5.52. The van der Waals surface area contributed by atoms with Gasteiger partial charge in [-0.25, -0.2) is 4.79 Å². The van der Waals surface area contributed by atoms with E-state index in [2.05, 4.69) is 4.90 Å². The maximum atomic E-state index is 11.9. The number of benzene rings is 1. The van der Waals surface area contributed by atoms with E-state index in [9.17, 15) is 9.90 Å². The summed E-state index contributed by atoms with van der Waals surface area (Å²) < 4.78 is 5.03. The summed E-state index contributed by atoms with van der Waals surface area (Å²) in [4.78, 5) is 14.0. The molecule has 0 bridgehead atoms. The number of carbonyl (C=O) groups is 1. The second-order valence-corrected chi connectivity index (χ2v) is 5.80. The lowest BCUT2D eigenvalue weighted by Gasteiger charge is -2.26. The highest BCUT2D eigenvalue weighted by Gasteiger charge is 2.26. The average Bonchev–Trinajstić information content (AvgIpc) is 2.60. The van der Waals surface area contributed by atoms with Gasteiger partial charge in [0.05, 0.1) is 29.1 Å². The van der Waals surface area contributed by atoms with E-state index in [1.54, 1.807) is 13.0 Å². The lowest BCUT2D eigenvalue weighted by molar-refractivity contribution is 0.0480. The Morgan fingerprint density at radius 2 is 2.19 bits per heavy atom. The standard InChI is InChI=1S/C16H24N2O3/c1-3-21-15(19)12-6-4-7-13(14(12)17)18-10-5-8-16(2,20)9-11-18/h4,6-7,20H,3,5,8-11,17H2,1-2H3. The molecule has 5 heteroatoms. The fourth-order valence-electron chi connectivity index (χ4n) is 2.72. The number of anilines is 2. The lowest BCUT2D eigenvalue weighted by Crippen LogP contribution is -2.29. The van der Waals surface area contributed by atoms with Crippen molar-refractivity contribution in [2.24, 2.45) is 0 Å². The van der Waals surface area contributed by atoms with Crippen molar-refractivity contribution in [1.82, 2.24) is 0 Å². The smallest absolute Gasteiger partial charge is 0.340 e. The molecule has 1 aromatic carbocycles. The number of para-hydroxylation sites is 1. The normalized spacial score (nSPS) is 22.7. The molecule has 0 radical (unpaired) electrons. The fraction of sp³-hybridized carbons (Fsp3) is 0.562. The summed E-state index contributed by atoms with van der Waals surface area (Å²) in [7, 11) is 0. The Morgan fingerprint density at radius 3 is 2.90 bits per heavy atom. The Morgan fingerprint density at radius 1 is 1.43 bits per heavy atom. The van der Waals surface area contributed by atoms with E-state index in [4.69, 9.17) is 10.5 Å². The zero-order valence-electron chi connectivity index (χ0n) is 12.8. The SMILES string of the molecule is CCOC(=O)c1cccc(N2CCCC(C)(O)CC2)c1N. The van der Waals surface area contributed by atoms with Gasteiger partial charge < -0.3 is 20.5 Å². The number of nitrogens with zero attached hydrogens (tertiary/aromatic N) is 1. The molecule has 1 aliphatic rings. The molecule has 0 spiro atoms. The molecule has 1 aliphatic heterocycles. The number of rotatable bonds is 3. The van der Waals surface area contributed by atoms with Gasteiger partial charge in [-0.1, -0.05) is 6.07 Å². The molecule has 21 heavy (non-hydrogen) atoms. The van der Waals surface area contributed by atoms with Gasteiger partial charge in [-0.05, 0) is 45.2 Å². The van der Waals surface area contributed by atoms with E-state index in [1.165, 1.54) is 0 Å². The molecule has 1 saturated heterocycles. The van der Waals surface area contributed by atoms with Crippen LogP contribution in [0.4, 0.5) is 11.4 Å². The topological polar surface area (TPSA) is 75.8 Å². The second-order valence-electron chi connectivity index (χ2n) is 5.80. The average molecular weight is 292 g/mol. The first-order chi connectivity index (χ1) is 9.94. The van der Waals surface area contributed by atoms with Crippen LogP contribution in [-0.2, 0) is 4.74 Å². The van der Waals surface area contributed by atoms with Crippen molar-refractivity contribution >= 4 is 17.3 Å². The molecular formula is C16H24N2O3. The van der Waals surface area contributed by atoms with Crippen LogP contribution in [0.2, 0.25) is 0 Å². The van der Waals surface area contributed by atoms with Gasteiger partial charge >= 0.3 is 5.97 Å². The molecule has 5 nitrogen and oxygen atoms in total. The van der Waals surface area contributed by atoms with E-state index in [-0.39, 0.29) is 0 Å². The molecule has 116 valence electrons. The zero-order chi connectivity index (χ0) is 15.5. The molecule has 0 aromatic heterocycles. The monoisotopic (exact) mass is 292 g/mol. The van der Waals surface area contributed by atoms with Crippen molar-refractivity contribution < 1.29 is 14.6 Å². The summed E-state index contributed by atoms with van der Waals surface area (Å²) >= 11 is 0. The van der Waals surface area contributed by atoms with Gasteiger partial charge in [0, 0.05) is 13.1 Å². The van der Waals surface area contributed by atoms with Crippen LogP contribution in [0, 0.1) is 0 Å². The van der Waals surface area contributed by atoms with E-state index < -0.39 is 11.6 Å². The number of aliphatic hydroxyl groups is 1. The number of nitrogen functional groups attached to an aromatic ring is 1. The van der Waals surface area contributed by atoms with Gasteiger partial charge in [0.1, 0.15) is 0 Å². The van der Waals surface area contributed by atoms with Crippen LogP contribution in [0.25, 0.3) is 0 Å². The minimum Gasteiger partial charge on any atom is -0.462 e. The zero-order valence-corrected chi connectivity index (χ0v) is 12.8. The molecule has 1 fully saturated rings. The molecule has 1 unspecified atom stereocenters. The maximum absolute atomic E-state index is 11.9. The molecule has 1 atom stereocenters. The van der Waals surface area contributed by atoms with Crippen molar-refractivity contribution in [2.45, 2.75) is 38.7 Å². The maximum Gasteiger partial charge on any atom is 0.340 e. The van der Waals surface area contributed by atoms with Gasteiger partial charge in [-0.15, -0.1) is 0 Å². The van der Waals surface area contributed by atoms with Gasteiger partial charge in [-0.2, -0.15) is 0 Å². The number of esters is 1. The first-order valence-corrected chi connectivity index (χ1v) is 7.47. The van der Waals surface area contributed by atoms with E-state index >= 15 is 0 Å². The van der Waals surface area contributed by atoms with Crippen LogP contribution >= 0.6 is 0 Å². The Labute approximate surface area is 125 Å². The Bertz CT molecular complexity index is 514. The van der Waals surface area contributed by atoms with Crippen molar-refractivity contribution in [3.8, 4) is 0 Å². The minimum atomic E-state index is -0.623. The van der Waals surface area contributed by atoms with Crippen LogP contribution < -0.4 is 10.6 Å². The number of nitrogens with two attached hydrogens (primary N) is 1. The molecule has 0 saturated carbocycles. The second kappa shape index (κ2) is 6.35. The Kier molecular flexibility index (Phi) is 4.73. The van der Waals surface area contributed by atoms with Gasteiger partial charge in [0.25, 0.3) is 0 Å². The molecule has 2 rings (SSSR count). The molecule has 0 amide bonds.